The van der Waals surface area contributed by atoms with Gasteiger partial charge in [0, 0.05) is 11.6 Å². The minimum Gasteiger partial charge on any atom is -0.494 e. The number of hydrogen-bond donors (Lipinski definition) is 1. The zero-order chi connectivity index (χ0) is 12.3. The molecule has 1 unspecified atom stereocenters. The number of allylic oxidation sites excluding steroid dienone is 1. The Labute approximate surface area is 101 Å². The lowest BCUT2D eigenvalue weighted by Gasteiger charge is -2.10. The molecule has 0 radical (unpaired) electrons. The minimum absolute atomic E-state index is 0.0399. The van der Waals surface area contributed by atoms with Gasteiger partial charge in [0.25, 0.3) is 0 Å². The van der Waals surface area contributed by atoms with Crippen LogP contribution in [0.2, 0.25) is 0 Å². The highest BCUT2D eigenvalue weighted by atomic mass is 19.1. The fourth-order valence-electron chi connectivity index (χ4n) is 2.26. The van der Waals surface area contributed by atoms with Crippen LogP contribution in [0.1, 0.15) is 31.2 Å². The predicted molar refractivity (Wildman–Crippen MR) is 67.4 cm³/mol. The number of halogens is 1. The number of rotatable bonds is 2. The van der Waals surface area contributed by atoms with Crippen LogP contribution in [0.5, 0.6) is 5.75 Å². The van der Waals surface area contributed by atoms with Gasteiger partial charge in [0.2, 0.25) is 0 Å². The number of nitrogens with two attached hydrogens (primary N) is 1. The van der Waals surface area contributed by atoms with Crippen molar-refractivity contribution in [2.75, 3.05) is 7.11 Å². The Hall–Kier alpha value is -1.35. The molecule has 0 saturated heterocycles. The van der Waals surface area contributed by atoms with Gasteiger partial charge in [-0.15, -0.1) is 0 Å². The maximum Gasteiger partial charge on any atom is 0.172 e. The molecule has 1 aromatic rings. The number of ether oxygens (including phenoxy) is 1. The largest absolute Gasteiger partial charge is 0.494 e. The summed E-state index contributed by atoms with van der Waals surface area (Å²) in [6.45, 7) is 0. The van der Waals surface area contributed by atoms with Crippen molar-refractivity contribution in [1.82, 2.24) is 0 Å². The summed E-state index contributed by atoms with van der Waals surface area (Å²) in [5, 5.41) is 0. The quantitative estimate of drug-likeness (QED) is 0.854. The lowest BCUT2D eigenvalue weighted by Crippen LogP contribution is -2.15. The second-order valence-corrected chi connectivity index (χ2v) is 4.42. The molecule has 3 heteroatoms. The van der Waals surface area contributed by atoms with Gasteiger partial charge < -0.3 is 10.5 Å². The van der Waals surface area contributed by atoms with Crippen LogP contribution in [0.4, 0.5) is 4.39 Å². The zero-order valence-electron chi connectivity index (χ0n) is 10.1. The molecular weight excluding hydrogens is 217 g/mol. The highest BCUT2D eigenvalue weighted by molar-refractivity contribution is 5.68. The maximum atomic E-state index is 14.1. The van der Waals surface area contributed by atoms with E-state index in [4.69, 9.17) is 10.5 Å². The predicted octanol–water partition coefficient (Wildman–Crippen LogP) is 3.12. The van der Waals surface area contributed by atoms with Gasteiger partial charge in [-0.25, -0.2) is 4.39 Å². The molecule has 0 fully saturated rings. The van der Waals surface area contributed by atoms with Crippen LogP contribution in [0, 0.1) is 5.82 Å². The van der Waals surface area contributed by atoms with Crippen molar-refractivity contribution in [1.29, 1.82) is 0 Å². The van der Waals surface area contributed by atoms with E-state index in [9.17, 15) is 4.39 Å². The molecule has 0 aromatic heterocycles. The van der Waals surface area contributed by atoms with E-state index in [2.05, 4.69) is 0 Å². The van der Waals surface area contributed by atoms with Crippen LogP contribution in [0.3, 0.4) is 0 Å². The van der Waals surface area contributed by atoms with E-state index >= 15 is 0 Å². The molecule has 2 nitrogen and oxygen atoms in total. The molecule has 0 spiro atoms. The molecule has 92 valence electrons. The summed E-state index contributed by atoms with van der Waals surface area (Å²) in [7, 11) is 1.48. The molecule has 1 aromatic carbocycles. The first-order valence-electron chi connectivity index (χ1n) is 6.01. The van der Waals surface area contributed by atoms with Crippen LogP contribution in [-0.4, -0.2) is 13.2 Å². The minimum atomic E-state index is -0.282. The zero-order valence-corrected chi connectivity index (χ0v) is 10.1. The van der Waals surface area contributed by atoms with Crippen molar-refractivity contribution in [3.05, 3.63) is 35.7 Å². The van der Waals surface area contributed by atoms with E-state index in [1.165, 1.54) is 7.11 Å². The van der Waals surface area contributed by atoms with Gasteiger partial charge in [-0.2, -0.15) is 0 Å². The second kappa shape index (κ2) is 5.32. The third kappa shape index (κ3) is 2.67. The van der Waals surface area contributed by atoms with Gasteiger partial charge in [-0.1, -0.05) is 24.6 Å². The van der Waals surface area contributed by atoms with E-state index in [0.29, 0.717) is 11.3 Å². The van der Waals surface area contributed by atoms with Crippen molar-refractivity contribution >= 4 is 5.57 Å². The van der Waals surface area contributed by atoms with E-state index < -0.39 is 0 Å². The van der Waals surface area contributed by atoms with Crippen LogP contribution < -0.4 is 10.5 Å². The lowest BCUT2D eigenvalue weighted by atomic mass is 10.00. The Bertz CT molecular complexity index is 428. The summed E-state index contributed by atoms with van der Waals surface area (Å²) in [6.07, 6.45) is 6.03. The van der Waals surface area contributed by atoms with Crippen molar-refractivity contribution in [2.24, 2.45) is 5.73 Å². The van der Waals surface area contributed by atoms with Crippen molar-refractivity contribution < 1.29 is 9.13 Å². The van der Waals surface area contributed by atoms with E-state index in [0.717, 1.165) is 31.3 Å². The molecule has 1 aliphatic carbocycles. The molecular formula is C14H18FNO. The normalized spacial score (nSPS) is 20.6. The van der Waals surface area contributed by atoms with E-state index in [1.54, 1.807) is 12.1 Å². The Morgan fingerprint density at radius 1 is 1.35 bits per heavy atom. The van der Waals surface area contributed by atoms with Crippen LogP contribution >= 0.6 is 0 Å². The first-order valence-corrected chi connectivity index (χ1v) is 6.01. The van der Waals surface area contributed by atoms with Crippen LogP contribution in [0.25, 0.3) is 5.57 Å². The fraction of sp³-hybridized carbons (Fsp3) is 0.429. The first kappa shape index (κ1) is 12.1. The molecule has 0 amide bonds. The highest BCUT2D eigenvalue weighted by Gasteiger charge is 2.15. The Kier molecular flexibility index (Phi) is 3.79. The molecule has 2 rings (SSSR count). The topological polar surface area (TPSA) is 35.2 Å². The molecule has 1 aliphatic rings. The molecule has 0 bridgehead atoms. The lowest BCUT2D eigenvalue weighted by molar-refractivity contribution is 0.386. The Morgan fingerprint density at radius 3 is 2.94 bits per heavy atom. The fourth-order valence-corrected chi connectivity index (χ4v) is 2.26. The molecule has 17 heavy (non-hydrogen) atoms. The van der Waals surface area contributed by atoms with Gasteiger partial charge in [-0.3, -0.25) is 0 Å². The van der Waals surface area contributed by atoms with Gasteiger partial charge in [0.1, 0.15) is 0 Å². The SMILES string of the molecule is COc1cccc(C2=CC(N)CCCC2)c1F. The van der Waals surface area contributed by atoms with E-state index in [1.807, 2.05) is 12.1 Å². The van der Waals surface area contributed by atoms with Gasteiger partial charge in [-0.05, 0) is 30.9 Å². The summed E-state index contributed by atoms with van der Waals surface area (Å²) in [4.78, 5) is 0. The van der Waals surface area contributed by atoms with Crippen LogP contribution in [-0.2, 0) is 0 Å². The number of hydrogen-bond acceptors (Lipinski definition) is 2. The summed E-state index contributed by atoms with van der Waals surface area (Å²) in [5.41, 5.74) is 7.59. The number of methoxy groups -OCH3 is 1. The number of benzene rings is 1. The van der Waals surface area contributed by atoms with E-state index in [-0.39, 0.29) is 11.9 Å². The van der Waals surface area contributed by atoms with Crippen LogP contribution in [0.15, 0.2) is 24.3 Å². The molecule has 1 atom stereocenters. The molecule has 0 saturated carbocycles. The molecule has 2 N–H and O–H groups in total. The second-order valence-electron chi connectivity index (χ2n) is 4.42. The molecule has 0 aliphatic heterocycles. The van der Waals surface area contributed by atoms with Gasteiger partial charge in [0.05, 0.1) is 7.11 Å². The summed E-state index contributed by atoms with van der Waals surface area (Å²) < 4.78 is 19.1. The summed E-state index contributed by atoms with van der Waals surface area (Å²) >= 11 is 0. The third-order valence-electron chi connectivity index (χ3n) is 3.18. The van der Waals surface area contributed by atoms with Crippen molar-refractivity contribution in [2.45, 2.75) is 31.7 Å². The Morgan fingerprint density at radius 2 is 2.18 bits per heavy atom. The highest BCUT2D eigenvalue weighted by Crippen LogP contribution is 2.31. The van der Waals surface area contributed by atoms with Gasteiger partial charge in [0.15, 0.2) is 11.6 Å². The maximum absolute atomic E-state index is 14.1. The summed E-state index contributed by atoms with van der Waals surface area (Å²) in [5.74, 6) is 0.0107. The monoisotopic (exact) mass is 235 g/mol. The average Bonchev–Trinajstić information content (AvgIpc) is 2.54. The third-order valence-corrected chi connectivity index (χ3v) is 3.18. The van der Waals surface area contributed by atoms with Gasteiger partial charge >= 0.3 is 0 Å². The first-order chi connectivity index (χ1) is 8.22. The standard InChI is InChI=1S/C14H18FNO/c1-17-13-8-4-7-12(14(13)15)10-5-2-3-6-11(16)9-10/h4,7-9,11H,2-3,5-6,16H2,1H3. The smallest absolute Gasteiger partial charge is 0.172 e. The molecule has 0 heterocycles. The summed E-state index contributed by atoms with van der Waals surface area (Å²) in [6, 6.07) is 5.28. The van der Waals surface area contributed by atoms with Crippen molar-refractivity contribution in [3.8, 4) is 5.75 Å². The Balaban J connectivity index is 2.38. The average molecular weight is 235 g/mol. The van der Waals surface area contributed by atoms with Crippen molar-refractivity contribution in [3.63, 3.8) is 0 Å².